The van der Waals surface area contributed by atoms with Crippen LogP contribution in [0, 0.1) is 0 Å². The molecule has 0 aliphatic rings. The van der Waals surface area contributed by atoms with Crippen LogP contribution in [0.3, 0.4) is 0 Å². The summed E-state index contributed by atoms with van der Waals surface area (Å²) in [5.41, 5.74) is 1.99. The first kappa shape index (κ1) is 17.6. The Bertz CT molecular complexity index is 682. The van der Waals surface area contributed by atoms with Gasteiger partial charge in [0.05, 0.1) is 5.56 Å². The van der Waals surface area contributed by atoms with E-state index in [4.69, 9.17) is 9.84 Å². The van der Waals surface area contributed by atoms with Crippen LogP contribution in [0.4, 0.5) is 5.69 Å². The van der Waals surface area contributed by atoms with Crippen LogP contribution in [0.25, 0.3) is 0 Å². The first-order valence-electron chi connectivity index (χ1n) is 7.67. The van der Waals surface area contributed by atoms with Gasteiger partial charge in [-0.15, -0.1) is 6.58 Å². The van der Waals surface area contributed by atoms with Crippen molar-refractivity contribution in [3.05, 3.63) is 72.3 Å². The van der Waals surface area contributed by atoms with Gasteiger partial charge in [-0.1, -0.05) is 24.3 Å². The van der Waals surface area contributed by atoms with Crippen molar-refractivity contribution in [1.82, 2.24) is 0 Å². The number of aromatic carboxylic acids is 1. The number of anilines is 1. The van der Waals surface area contributed by atoms with Crippen LogP contribution in [-0.4, -0.2) is 35.4 Å². The summed E-state index contributed by atoms with van der Waals surface area (Å²) in [5, 5.41) is 21.9. The topological polar surface area (TPSA) is 78.8 Å². The summed E-state index contributed by atoms with van der Waals surface area (Å²) in [4.78, 5) is 10.8. The molecular weight excluding hydrogens is 306 g/mol. The van der Waals surface area contributed by atoms with Gasteiger partial charge >= 0.3 is 5.97 Å². The molecule has 2 aromatic rings. The molecular formula is C19H21NO4. The lowest BCUT2D eigenvalue weighted by Crippen LogP contribution is -2.26. The normalized spacial score (nSPS) is 11.5. The molecule has 24 heavy (non-hydrogen) atoms. The van der Waals surface area contributed by atoms with Gasteiger partial charge in [0.15, 0.2) is 0 Å². The van der Waals surface area contributed by atoms with Gasteiger partial charge in [-0.3, -0.25) is 0 Å². The molecule has 0 aromatic heterocycles. The van der Waals surface area contributed by atoms with Crippen molar-refractivity contribution in [1.29, 1.82) is 0 Å². The van der Waals surface area contributed by atoms with Crippen molar-refractivity contribution in [3.63, 3.8) is 0 Å². The Hall–Kier alpha value is -2.79. The van der Waals surface area contributed by atoms with Crippen LogP contribution in [-0.2, 0) is 6.42 Å². The molecule has 0 saturated heterocycles. The zero-order valence-electron chi connectivity index (χ0n) is 13.3. The van der Waals surface area contributed by atoms with Crippen molar-refractivity contribution in [2.24, 2.45) is 0 Å². The monoisotopic (exact) mass is 327 g/mol. The Balaban J connectivity index is 1.82. The molecule has 3 N–H and O–H groups in total. The standard InChI is InChI=1S/C19H21NO4/c1-2-5-14-6-3-4-7-18(14)24-13-17(21)12-20-16-10-8-15(9-11-16)19(22)23/h2-4,6-11,17,20-21H,1,5,12-13H2,(H,22,23). The quantitative estimate of drug-likeness (QED) is 0.617. The molecule has 1 unspecified atom stereocenters. The van der Waals surface area contributed by atoms with Crippen molar-refractivity contribution in [2.45, 2.75) is 12.5 Å². The van der Waals surface area contributed by atoms with E-state index in [0.717, 1.165) is 17.0 Å². The highest BCUT2D eigenvalue weighted by Gasteiger charge is 2.08. The van der Waals surface area contributed by atoms with Gasteiger partial charge in [0.25, 0.3) is 0 Å². The molecule has 0 aliphatic carbocycles. The van der Waals surface area contributed by atoms with E-state index in [1.54, 1.807) is 18.2 Å². The van der Waals surface area contributed by atoms with E-state index >= 15 is 0 Å². The molecule has 0 bridgehead atoms. The maximum Gasteiger partial charge on any atom is 0.335 e. The van der Waals surface area contributed by atoms with Gasteiger partial charge in [-0.25, -0.2) is 4.79 Å². The van der Waals surface area contributed by atoms with E-state index in [9.17, 15) is 9.90 Å². The Morgan fingerprint density at radius 1 is 1.21 bits per heavy atom. The Labute approximate surface area is 141 Å². The van der Waals surface area contributed by atoms with E-state index in [1.807, 2.05) is 24.3 Å². The maximum atomic E-state index is 10.8. The molecule has 0 amide bonds. The van der Waals surface area contributed by atoms with Crippen LogP contribution in [0.15, 0.2) is 61.2 Å². The number of carboxylic acid groups (broad SMARTS) is 1. The molecule has 0 aliphatic heterocycles. The van der Waals surface area contributed by atoms with E-state index < -0.39 is 12.1 Å². The Morgan fingerprint density at radius 3 is 2.58 bits per heavy atom. The zero-order valence-corrected chi connectivity index (χ0v) is 13.3. The first-order valence-corrected chi connectivity index (χ1v) is 7.67. The highest BCUT2D eigenvalue weighted by molar-refractivity contribution is 5.87. The Morgan fingerprint density at radius 2 is 1.92 bits per heavy atom. The highest BCUT2D eigenvalue weighted by Crippen LogP contribution is 2.19. The largest absolute Gasteiger partial charge is 0.491 e. The molecule has 2 aromatic carbocycles. The number of carboxylic acids is 1. The van der Waals surface area contributed by atoms with Crippen LogP contribution in [0.2, 0.25) is 0 Å². The van der Waals surface area contributed by atoms with Crippen LogP contribution in [0.1, 0.15) is 15.9 Å². The maximum absolute atomic E-state index is 10.8. The molecule has 2 rings (SSSR count). The lowest BCUT2D eigenvalue weighted by atomic mass is 10.1. The fourth-order valence-corrected chi connectivity index (χ4v) is 2.18. The predicted molar refractivity (Wildman–Crippen MR) is 93.7 cm³/mol. The van der Waals surface area contributed by atoms with Gasteiger partial charge in [-0.05, 0) is 42.3 Å². The van der Waals surface area contributed by atoms with Crippen molar-refractivity contribution in [3.8, 4) is 5.75 Å². The van der Waals surface area contributed by atoms with Crippen molar-refractivity contribution in [2.75, 3.05) is 18.5 Å². The minimum atomic E-state index is -0.965. The van der Waals surface area contributed by atoms with E-state index in [-0.39, 0.29) is 12.2 Å². The van der Waals surface area contributed by atoms with E-state index in [0.29, 0.717) is 13.0 Å². The second-order valence-electron chi connectivity index (χ2n) is 5.33. The number of rotatable bonds is 9. The number of nitrogens with one attached hydrogen (secondary N) is 1. The molecule has 0 fully saturated rings. The zero-order chi connectivity index (χ0) is 17.4. The lowest BCUT2D eigenvalue weighted by Gasteiger charge is -2.15. The predicted octanol–water partition coefficient (Wildman–Crippen LogP) is 2.97. The first-order chi connectivity index (χ1) is 11.6. The molecule has 5 nitrogen and oxygen atoms in total. The second kappa shape index (κ2) is 8.74. The molecule has 5 heteroatoms. The summed E-state index contributed by atoms with van der Waals surface area (Å²) in [6.45, 7) is 4.18. The number of aliphatic hydroxyl groups excluding tert-OH is 1. The number of benzene rings is 2. The van der Waals surface area contributed by atoms with Crippen LogP contribution >= 0.6 is 0 Å². The average Bonchev–Trinajstić information content (AvgIpc) is 2.60. The number of hydrogen-bond donors (Lipinski definition) is 3. The van der Waals surface area contributed by atoms with Crippen LogP contribution < -0.4 is 10.1 Å². The van der Waals surface area contributed by atoms with Gasteiger partial charge in [0.2, 0.25) is 0 Å². The summed E-state index contributed by atoms with van der Waals surface area (Å²) in [6.07, 6.45) is 1.82. The summed E-state index contributed by atoms with van der Waals surface area (Å²) in [7, 11) is 0. The third-order valence-corrected chi connectivity index (χ3v) is 3.44. The SMILES string of the molecule is C=CCc1ccccc1OCC(O)CNc1ccc(C(=O)O)cc1. The van der Waals surface area contributed by atoms with Gasteiger partial charge in [0.1, 0.15) is 18.5 Å². The molecule has 0 radical (unpaired) electrons. The fraction of sp³-hybridized carbons (Fsp3) is 0.211. The summed E-state index contributed by atoms with van der Waals surface area (Å²) < 4.78 is 5.67. The Kier molecular flexibility index (Phi) is 6.40. The van der Waals surface area contributed by atoms with Gasteiger partial charge in [-0.2, -0.15) is 0 Å². The molecule has 126 valence electrons. The third-order valence-electron chi connectivity index (χ3n) is 3.44. The van der Waals surface area contributed by atoms with Crippen LogP contribution in [0.5, 0.6) is 5.75 Å². The molecule has 0 saturated carbocycles. The average molecular weight is 327 g/mol. The number of hydrogen-bond acceptors (Lipinski definition) is 4. The van der Waals surface area contributed by atoms with E-state index in [1.165, 1.54) is 12.1 Å². The smallest absolute Gasteiger partial charge is 0.335 e. The molecule has 0 heterocycles. The second-order valence-corrected chi connectivity index (χ2v) is 5.33. The molecule has 1 atom stereocenters. The minimum Gasteiger partial charge on any atom is -0.491 e. The summed E-state index contributed by atoms with van der Waals surface area (Å²) in [5.74, 6) is -0.226. The number of allylic oxidation sites excluding steroid dienone is 1. The van der Waals surface area contributed by atoms with Gasteiger partial charge < -0.3 is 20.3 Å². The van der Waals surface area contributed by atoms with Crippen molar-refractivity contribution >= 4 is 11.7 Å². The summed E-state index contributed by atoms with van der Waals surface area (Å²) >= 11 is 0. The summed E-state index contributed by atoms with van der Waals surface area (Å²) in [6, 6.07) is 14.0. The third kappa shape index (κ3) is 5.14. The number of aliphatic hydroxyl groups is 1. The fourth-order valence-electron chi connectivity index (χ4n) is 2.18. The minimum absolute atomic E-state index is 0.161. The van der Waals surface area contributed by atoms with Gasteiger partial charge in [0, 0.05) is 12.2 Å². The number of para-hydroxylation sites is 1. The highest BCUT2D eigenvalue weighted by atomic mass is 16.5. The number of ether oxygens (including phenoxy) is 1. The lowest BCUT2D eigenvalue weighted by molar-refractivity contribution is 0.0697. The number of carbonyl (C=O) groups is 1. The van der Waals surface area contributed by atoms with Crippen molar-refractivity contribution < 1.29 is 19.7 Å². The van der Waals surface area contributed by atoms with E-state index in [2.05, 4.69) is 11.9 Å². The molecule has 0 spiro atoms.